The van der Waals surface area contributed by atoms with Gasteiger partial charge in [-0.3, -0.25) is 9.59 Å². The predicted octanol–water partition coefficient (Wildman–Crippen LogP) is 3.16. The number of rotatable bonds is 3. The quantitative estimate of drug-likeness (QED) is 0.755. The van der Waals surface area contributed by atoms with Gasteiger partial charge >= 0.3 is 0 Å². The van der Waals surface area contributed by atoms with Crippen LogP contribution in [-0.4, -0.2) is 52.8 Å². The highest BCUT2D eigenvalue weighted by atomic mass is 19.1. The summed E-state index contributed by atoms with van der Waals surface area (Å²) in [6, 6.07) is 7.86. The molecule has 2 aromatic heterocycles. The van der Waals surface area contributed by atoms with E-state index in [1.807, 2.05) is 13.8 Å². The second-order valence-electron chi connectivity index (χ2n) is 7.58. The topological polar surface area (TPSA) is 69.6 Å². The predicted molar refractivity (Wildman–Crippen MR) is 102 cm³/mol. The molecule has 1 aromatic carbocycles. The van der Waals surface area contributed by atoms with Crippen LogP contribution in [0.2, 0.25) is 0 Å². The second-order valence-corrected chi connectivity index (χ2v) is 7.58. The summed E-state index contributed by atoms with van der Waals surface area (Å²) in [4.78, 5) is 32.2. The SMILES string of the molecule is CC(C)(C(=O)N1CCN(C(=O)c2ccco2)CC1)c1c[nH]c2cc(F)ccc12. The first-order valence-corrected chi connectivity index (χ1v) is 9.27. The zero-order chi connectivity index (χ0) is 19.9. The number of carbonyl (C=O) groups excluding carboxylic acids is 2. The van der Waals surface area contributed by atoms with Crippen molar-refractivity contribution in [3.8, 4) is 0 Å². The number of aromatic nitrogens is 1. The van der Waals surface area contributed by atoms with E-state index in [9.17, 15) is 14.0 Å². The van der Waals surface area contributed by atoms with E-state index in [1.165, 1.54) is 18.4 Å². The van der Waals surface area contributed by atoms with Gasteiger partial charge in [0.15, 0.2) is 5.76 Å². The van der Waals surface area contributed by atoms with Gasteiger partial charge in [0.25, 0.3) is 5.91 Å². The Kier molecular flexibility index (Phi) is 4.45. The molecule has 28 heavy (non-hydrogen) atoms. The molecule has 0 aliphatic carbocycles. The Hall–Kier alpha value is -3.09. The van der Waals surface area contributed by atoms with Gasteiger partial charge in [0.05, 0.1) is 11.7 Å². The maximum absolute atomic E-state index is 13.5. The fraction of sp³-hybridized carbons (Fsp3) is 0.333. The van der Waals surface area contributed by atoms with Crippen molar-refractivity contribution in [2.75, 3.05) is 26.2 Å². The van der Waals surface area contributed by atoms with E-state index in [0.29, 0.717) is 37.5 Å². The van der Waals surface area contributed by atoms with E-state index in [1.54, 1.807) is 34.2 Å². The Labute approximate surface area is 161 Å². The van der Waals surface area contributed by atoms with Gasteiger partial charge in [0.2, 0.25) is 5.91 Å². The number of halogens is 1. The summed E-state index contributed by atoms with van der Waals surface area (Å²) < 4.78 is 18.6. The fourth-order valence-electron chi connectivity index (χ4n) is 3.79. The lowest BCUT2D eigenvalue weighted by Crippen LogP contribution is -2.54. The third-order valence-electron chi connectivity index (χ3n) is 5.44. The Balaban J connectivity index is 1.49. The van der Waals surface area contributed by atoms with Crippen molar-refractivity contribution in [1.29, 1.82) is 0 Å². The molecular formula is C21H22FN3O3. The van der Waals surface area contributed by atoms with E-state index >= 15 is 0 Å². The molecule has 7 heteroatoms. The summed E-state index contributed by atoms with van der Waals surface area (Å²) in [6.45, 7) is 5.60. The van der Waals surface area contributed by atoms with Crippen LogP contribution < -0.4 is 0 Å². The third-order valence-corrected chi connectivity index (χ3v) is 5.44. The molecule has 1 N–H and O–H groups in total. The van der Waals surface area contributed by atoms with Gasteiger partial charge in [-0.05, 0) is 49.7 Å². The number of nitrogens with zero attached hydrogens (tertiary/aromatic N) is 2. The highest BCUT2D eigenvalue weighted by Crippen LogP contribution is 2.32. The van der Waals surface area contributed by atoms with Crippen LogP contribution in [0.4, 0.5) is 4.39 Å². The molecule has 3 heterocycles. The van der Waals surface area contributed by atoms with Crippen molar-refractivity contribution in [1.82, 2.24) is 14.8 Å². The van der Waals surface area contributed by atoms with Gasteiger partial charge in [-0.2, -0.15) is 0 Å². The number of H-pyrrole nitrogens is 1. The number of carbonyl (C=O) groups is 2. The molecule has 6 nitrogen and oxygen atoms in total. The average molecular weight is 383 g/mol. The maximum Gasteiger partial charge on any atom is 0.289 e. The van der Waals surface area contributed by atoms with E-state index in [0.717, 1.165) is 10.9 Å². The molecule has 2 amide bonds. The normalized spacial score (nSPS) is 15.2. The van der Waals surface area contributed by atoms with Crippen LogP contribution in [-0.2, 0) is 10.2 Å². The molecule has 0 atom stereocenters. The van der Waals surface area contributed by atoms with Crippen LogP contribution in [0.3, 0.4) is 0 Å². The van der Waals surface area contributed by atoms with E-state index in [2.05, 4.69) is 4.98 Å². The van der Waals surface area contributed by atoms with Crippen LogP contribution in [0, 0.1) is 5.82 Å². The summed E-state index contributed by atoms with van der Waals surface area (Å²) in [7, 11) is 0. The van der Waals surface area contributed by atoms with Gasteiger partial charge in [-0.15, -0.1) is 0 Å². The minimum Gasteiger partial charge on any atom is -0.459 e. The minimum atomic E-state index is -0.775. The molecule has 146 valence electrons. The summed E-state index contributed by atoms with van der Waals surface area (Å²) in [5.74, 6) is -0.175. The summed E-state index contributed by atoms with van der Waals surface area (Å²) in [6.07, 6.45) is 3.25. The first-order valence-electron chi connectivity index (χ1n) is 9.27. The summed E-state index contributed by atoms with van der Waals surface area (Å²) in [5, 5.41) is 0.839. The largest absolute Gasteiger partial charge is 0.459 e. The van der Waals surface area contributed by atoms with Crippen molar-refractivity contribution in [2.45, 2.75) is 19.3 Å². The molecule has 0 radical (unpaired) electrons. The number of aromatic amines is 1. The lowest BCUT2D eigenvalue weighted by molar-refractivity contribution is -0.137. The maximum atomic E-state index is 13.5. The molecule has 1 aliphatic rings. The van der Waals surface area contributed by atoms with Gasteiger partial charge in [-0.1, -0.05) is 0 Å². The molecule has 4 rings (SSSR count). The lowest BCUT2D eigenvalue weighted by Gasteiger charge is -2.38. The monoisotopic (exact) mass is 383 g/mol. The van der Waals surface area contributed by atoms with Gasteiger partial charge in [0.1, 0.15) is 5.82 Å². The number of piperazine rings is 1. The van der Waals surface area contributed by atoms with Crippen molar-refractivity contribution < 1.29 is 18.4 Å². The number of hydrogen-bond donors (Lipinski definition) is 1. The summed E-state index contributed by atoms with van der Waals surface area (Å²) in [5.41, 5.74) is 0.731. The van der Waals surface area contributed by atoms with Crippen LogP contribution in [0.25, 0.3) is 10.9 Å². The smallest absolute Gasteiger partial charge is 0.289 e. The number of nitrogens with one attached hydrogen (secondary N) is 1. The van der Waals surface area contributed by atoms with Crippen molar-refractivity contribution in [3.63, 3.8) is 0 Å². The number of amides is 2. The van der Waals surface area contributed by atoms with Gasteiger partial charge in [0, 0.05) is 43.3 Å². The van der Waals surface area contributed by atoms with Gasteiger partial charge in [-0.25, -0.2) is 4.39 Å². The molecule has 3 aromatic rings. The number of hydrogen-bond acceptors (Lipinski definition) is 3. The lowest BCUT2D eigenvalue weighted by atomic mass is 9.82. The average Bonchev–Trinajstić information content (AvgIpc) is 3.36. The highest BCUT2D eigenvalue weighted by molar-refractivity contribution is 5.95. The van der Waals surface area contributed by atoms with Gasteiger partial charge < -0.3 is 19.2 Å². The van der Waals surface area contributed by atoms with Crippen molar-refractivity contribution in [2.24, 2.45) is 0 Å². The van der Waals surface area contributed by atoms with E-state index < -0.39 is 5.41 Å². The first-order chi connectivity index (χ1) is 13.4. The number of fused-ring (bicyclic) bond motifs is 1. The zero-order valence-electron chi connectivity index (χ0n) is 15.9. The molecule has 1 saturated heterocycles. The Bertz CT molecular complexity index is 1010. The van der Waals surface area contributed by atoms with Crippen LogP contribution in [0.5, 0.6) is 0 Å². The third kappa shape index (κ3) is 3.06. The second kappa shape index (κ2) is 6.82. The van der Waals surface area contributed by atoms with E-state index in [4.69, 9.17) is 4.42 Å². The Morgan fingerprint density at radius 2 is 1.82 bits per heavy atom. The van der Waals surface area contributed by atoms with Crippen molar-refractivity contribution in [3.05, 3.63) is 59.9 Å². The molecule has 0 spiro atoms. The van der Waals surface area contributed by atoms with E-state index in [-0.39, 0.29) is 17.6 Å². The number of furan rings is 1. The standard InChI is InChI=1S/C21H22FN3O3/c1-21(2,16-13-23-17-12-14(22)5-6-15(16)17)20(27)25-9-7-24(8-10-25)19(26)18-4-3-11-28-18/h3-6,11-13,23H,7-10H2,1-2H3. The molecule has 0 unspecified atom stereocenters. The highest BCUT2D eigenvalue weighted by Gasteiger charge is 2.37. The molecule has 1 fully saturated rings. The molecular weight excluding hydrogens is 361 g/mol. The zero-order valence-corrected chi connectivity index (χ0v) is 15.9. The Morgan fingerprint density at radius 3 is 2.50 bits per heavy atom. The van der Waals surface area contributed by atoms with Crippen LogP contribution in [0.1, 0.15) is 30.0 Å². The van der Waals surface area contributed by atoms with Crippen LogP contribution in [0.15, 0.2) is 47.2 Å². The molecule has 1 aliphatic heterocycles. The fourth-order valence-corrected chi connectivity index (χ4v) is 3.79. The van der Waals surface area contributed by atoms with Crippen LogP contribution >= 0.6 is 0 Å². The first kappa shape index (κ1) is 18.3. The minimum absolute atomic E-state index is 0.0113. The molecule has 0 bridgehead atoms. The molecule has 0 saturated carbocycles. The summed E-state index contributed by atoms with van der Waals surface area (Å²) >= 11 is 0. The van der Waals surface area contributed by atoms with Crippen molar-refractivity contribution >= 4 is 22.7 Å². The Morgan fingerprint density at radius 1 is 1.11 bits per heavy atom. The number of benzene rings is 1.